The van der Waals surface area contributed by atoms with Gasteiger partial charge in [0.2, 0.25) is 5.95 Å². The molecule has 2 aromatic carbocycles. The minimum Gasteiger partial charge on any atom is -0.383 e. The third-order valence-electron chi connectivity index (χ3n) is 5.74. The molecule has 4 rings (SSSR count). The number of aromatic nitrogens is 2. The molecule has 3 aromatic rings. The minimum absolute atomic E-state index is 0. The average molecular weight is 426 g/mol. The second-order valence-electron chi connectivity index (χ2n) is 7.79. The Kier molecular flexibility index (Phi) is 7.46. The van der Waals surface area contributed by atoms with Gasteiger partial charge in [0.05, 0.1) is 5.52 Å². The van der Waals surface area contributed by atoms with Crippen LogP contribution in [0.1, 0.15) is 36.0 Å². The molecule has 158 valence electrons. The van der Waals surface area contributed by atoms with Gasteiger partial charge in [-0.15, -0.1) is 12.4 Å². The first-order valence-electron chi connectivity index (χ1n) is 10.3. The van der Waals surface area contributed by atoms with E-state index in [2.05, 4.69) is 20.6 Å². The summed E-state index contributed by atoms with van der Waals surface area (Å²) in [6.07, 6.45) is 4.54. The van der Waals surface area contributed by atoms with Crippen LogP contribution in [0.4, 0.5) is 11.8 Å². The fourth-order valence-corrected chi connectivity index (χ4v) is 3.98. The molecule has 1 amide bonds. The quantitative estimate of drug-likeness (QED) is 0.548. The first kappa shape index (κ1) is 21.8. The number of rotatable bonds is 6. The lowest BCUT2D eigenvalue weighted by atomic mass is 9.82. The molecule has 0 atom stereocenters. The highest BCUT2D eigenvalue weighted by Crippen LogP contribution is 2.29. The molecule has 1 saturated carbocycles. The van der Waals surface area contributed by atoms with Gasteiger partial charge in [0, 0.05) is 24.0 Å². The summed E-state index contributed by atoms with van der Waals surface area (Å²) in [6.45, 7) is 1.60. The van der Waals surface area contributed by atoms with Crippen molar-refractivity contribution < 1.29 is 4.79 Å². The van der Waals surface area contributed by atoms with E-state index in [4.69, 9.17) is 5.73 Å². The normalized spacial score (nSPS) is 18.4. The number of nitrogens with one attached hydrogen (secondary N) is 2. The predicted octanol–water partition coefficient (Wildman–Crippen LogP) is 4.28. The van der Waals surface area contributed by atoms with Gasteiger partial charge in [-0.2, -0.15) is 4.98 Å². The van der Waals surface area contributed by atoms with E-state index in [1.54, 1.807) is 0 Å². The molecule has 0 bridgehead atoms. The Morgan fingerprint density at radius 3 is 2.27 bits per heavy atom. The van der Waals surface area contributed by atoms with Crippen molar-refractivity contribution >= 4 is 41.0 Å². The van der Waals surface area contributed by atoms with Crippen LogP contribution in [0.15, 0.2) is 54.6 Å². The molecule has 0 radical (unpaired) electrons. The molecule has 0 unspecified atom stereocenters. The lowest BCUT2D eigenvalue weighted by molar-refractivity contribution is 0.0941. The SMILES string of the molecule is Cl.Nc1nc(NCC2CCC(CNC(=O)c3ccccc3)CC2)nc2ccccc12. The van der Waals surface area contributed by atoms with Crippen molar-refractivity contribution in [1.82, 2.24) is 15.3 Å². The van der Waals surface area contributed by atoms with E-state index >= 15 is 0 Å². The highest BCUT2D eigenvalue weighted by molar-refractivity contribution is 5.94. The van der Waals surface area contributed by atoms with Crippen LogP contribution in [0.3, 0.4) is 0 Å². The predicted molar refractivity (Wildman–Crippen MR) is 124 cm³/mol. The molecule has 6 nitrogen and oxygen atoms in total. The minimum atomic E-state index is 0. The zero-order valence-electron chi connectivity index (χ0n) is 16.9. The molecule has 0 saturated heterocycles. The third kappa shape index (κ3) is 5.39. The van der Waals surface area contributed by atoms with Crippen LogP contribution >= 0.6 is 12.4 Å². The Bertz CT molecular complexity index is 974. The summed E-state index contributed by atoms with van der Waals surface area (Å²) in [5.41, 5.74) is 7.64. The third-order valence-corrected chi connectivity index (χ3v) is 5.74. The molecule has 0 aliphatic heterocycles. The number of hydrogen-bond donors (Lipinski definition) is 3. The molecule has 1 heterocycles. The second-order valence-corrected chi connectivity index (χ2v) is 7.79. The number of carbonyl (C=O) groups excluding carboxylic acids is 1. The Morgan fingerprint density at radius 2 is 1.53 bits per heavy atom. The Hall–Kier alpha value is -2.86. The molecular formula is C23H28ClN5O. The summed E-state index contributed by atoms with van der Waals surface area (Å²) in [6, 6.07) is 17.2. The van der Waals surface area contributed by atoms with Crippen molar-refractivity contribution in [1.29, 1.82) is 0 Å². The number of halogens is 1. The summed E-state index contributed by atoms with van der Waals surface area (Å²) >= 11 is 0. The van der Waals surface area contributed by atoms with E-state index in [-0.39, 0.29) is 18.3 Å². The number of fused-ring (bicyclic) bond motifs is 1. The van der Waals surface area contributed by atoms with Crippen LogP contribution in [-0.2, 0) is 0 Å². The van der Waals surface area contributed by atoms with Crippen LogP contribution in [0.5, 0.6) is 0 Å². The topological polar surface area (TPSA) is 92.9 Å². The highest BCUT2D eigenvalue weighted by atomic mass is 35.5. The molecule has 1 aromatic heterocycles. The number of anilines is 2. The van der Waals surface area contributed by atoms with Crippen LogP contribution in [0.2, 0.25) is 0 Å². The summed E-state index contributed by atoms with van der Waals surface area (Å²) in [5.74, 6) is 2.26. The Morgan fingerprint density at radius 1 is 0.900 bits per heavy atom. The second kappa shape index (κ2) is 10.3. The van der Waals surface area contributed by atoms with Gasteiger partial charge < -0.3 is 16.4 Å². The van der Waals surface area contributed by atoms with Crippen LogP contribution in [-0.4, -0.2) is 29.0 Å². The number of nitrogens with zero attached hydrogens (tertiary/aromatic N) is 2. The highest BCUT2D eigenvalue weighted by Gasteiger charge is 2.22. The number of nitrogens with two attached hydrogens (primary N) is 1. The smallest absolute Gasteiger partial charge is 0.251 e. The van der Waals surface area contributed by atoms with Crippen molar-refractivity contribution in [3.63, 3.8) is 0 Å². The van der Waals surface area contributed by atoms with Gasteiger partial charge in [-0.1, -0.05) is 30.3 Å². The average Bonchev–Trinajstić information content (AvgIpc) is 2.77. The van der Waals surface area contributed by atoms with E-state index in [1.807, 2.05) is 54.6 Å². The fraction of sp³-hybridized carbons (Fsp3) is 0.348. The van der Waals surface area contributed by atoms with Gasteiger partial charge in [0.25, 0.3) is 5.91 Å². The molecule has 0 spiro atoms. The van der Waals surface area contributed by atoms with Crippen molar-refractivity contribution in [2.24, 2.45) is 11.8 Å². The number of carbonyl (C=O) groups is 1. The number of amides is 1. The molecule has 30 heavy (non-hydrogen) atoms. The maximum Gasteiger partial charge on any atom is 0.251 e. The van der Waals surface area contributed by atoms with Crippen LogP contribution < -0.4 is 16.4 Å². The number of nitrogen functional groups attached to an aromatic ring is 1. The van der Waals surface area contributed by atoms with Crippen LogP contribution in [0, 0.1) is 11.8 Å². The molecule has 1 aliphatic carbocycles. The van der Waals surface area contributed by atoms with Gasteiger partial charge >= 0.3 is 0 Å². The standard InChI is InChI=1S/C23H27N5O.ClH/c24-21-19-8-4-5-9-20(19)27-23(28-21)26-15-17-12-10-16(11-13-17)14-25-22(29)18-6-2-1-3-7-18;/h1-9,16-17H,10-15H2,(H,25,29)(H3,24,26,27,28);1H. The molecular weight excluding hydrogens is 398 g/mol. The molecule has 1 fully saturated rings. The number of benzene rings is 2. The van der Waals surface area contributed by atoms with Gasteiger partial charge in [0.15, 0.2) is 0 Å². The van der Waals surface area contributed by atoms with E-state index in [0.717, 1.165) is 55.2 Å². The van der Waals surface area contributed by atoms with Gasteiger partial charge in [-0.05, 0) is 61.8 Å². The monoisotopic (exact) mass is 425 g/mol. The maximum absolute atomic E-state index is 12.2. The van der Waals surface area contributed by atoms with Crippen molar-refractivity contribution in [2.75, 3.05) is 24.1 Å². The zero-order chi connectivity index (χ0) is 20.1. The summed E-state index contributed by atoms with van der Waals surface area (Å²) in [7, 11) is 0. The Balaban J connectivity index is 0.00000256. The first-order valence-corrected chi connectivity index (χ1v) is 10.3. The maximum atomic E-state index is 12.2. The van der Waals surface area contributed by atoms with E-state index in [0.29, 0.717) is 23.6 Å². The number of para-hydroxylation sites is 1. The molecule has 7 heteroatoms. The summed E-state index contributed by atoms with van der Waals surface area (Å²) in [5, 5.41) is 7.32. The zero-order valence-corrected chi connectivity index (χ0v) is 17.7. The summed E-state index contributed by atoms with van der Waals surface area (Å²) in [4.78, 5) is 21.1. The molecule has 4 N–H and O–H groups in total. The fourth-order valence-electron chi connectivity index (χ4n) is 3.98. The number of hydrogen-bond acceptors (Lipinski definition) is 5. The van der Waals surface area contributed by atoms with Crippen molar-refractivity contribution in [3.8, 4) is 0 Å². The van der Waals surface area contributed by atoms with Crippen LogP contribution in [0.25, 0.3) is 10.9 Å². The summed E-state index contributed by atoms with van der Waals surface area (Å²) < 4.78 is 0. The van der Waals surface area contributed by atoms with Gasteiger partial charge in [-0.3, -0.25) is 4.79 Å². The lowest BCUT2D eigenvalue weighted by Crippen LogP contribution is -2.32. The van der Waals surface area contributed by atoms with E-state index in [1.165, 1.54) is 0 Å². The largest absolute Gasteiger partial charge is 0.383 e. The molecule has 1 aliphatic rings. The van der Waals surface area contributed by atoms with E-state index < -0.39 is 0 Å². The first-order chi connectivity index (χ1) is 14.2. The van der Waals surface area contributed by atoms with Gasteiger partial charge in [0.1, 0.15) is 5.82 Å². The van der Waals surface area contributed by atoms with E-state index in [9.17, 15) is 4.79 Å². The van der Waals surface area contributed by atoms with Crippen molar-refractivity contribution in [2.45, 2.75) is 25.7 Å². The lowest BCUT2D eigenvalue weighted by Gasteiger charge is -2.28. The van der Waals surface area contributed by atoms with Gasteiger partial charge in [-0.25, -0.2) is 4.98 Å². The van der Waals surface area contributed by atoms with Crippen molar-refractivity contribution in [3.05, 3.63) is 60.2 Å². The Labute approximate surface area is 183 Å².